The number of aromatic nitrogens is 1. The van der Waals surface area contributed by atoms with E-state index in [2.05, 4.69) is 4.98 Å². The van der Waals surface area contributed by atoms with Gasteiger partial charge in [0.15, 0.2) is 0 Å². The maximum Gasteiger partial charge on any atom is 0.245 e. The summed E-state index contributed by atoms with van der Waals surface area (Å²) < 4.78 is 1.13. The van der Waals surface area contributed by atoms with Gasteiger partial charge in [0.25, 0.3) is 0 Å². The maximum absolute atomic E-state index is 12.9. The summed E-state index contributed by atoms with van der Waals surface area (Å²) in [6.45, 7) is 6.26. The quantitative estimate of drug-likeness (QED) is 0.732. The number of benzene rings is 1. The molecule has 3 amide bonds. The van der Waals surface area contributed by atoms with E-state index in [4.69, 9.17) is 0 Å². The molecule has 2 aliphatic rings. The number of fused-ring (bicyclic) bond motifs is 2. The smallest absolute Gasteiger partial charge is 0.245 e. The lowest BCUT2D eigenvalue weighted by molar-refractivity contribution is -0.156. The van der Waals surface area contributed by atoms with Crippen LogP contribution >= 0.6 is 11.3 Å². The Bertz CT molecular complexity index is 924. The molecule has 1 unspecified atom stereocenters. The van der Waals surface area contributed by atoms with Crippen molar-refractivity contribution in [2.75, 3.05) is 32.7 Å². The predicted octanol–water partition coefficient (Wildman–Crippen LogP) is 2.16. The largest absolute Gasteiger partial charge is 0.341 e. The second-order valence-electron chi connectivity index (χ2n) is 8.46. The molecule has 8 heteroatoms. The van der Waals surface area contributed by atoms with Crippen molar-refractivity contribution in [1.82, 2.24) is 19.7 Å². The molecule has 2 fully saturated rings. The van der Waals surface area contributed by atoms with Gasteiger partial charge >= 0.3 is 0 Å². The molecule has 160 valence electrons. The highest BCUT2D eigenvalue weighted by molar-refractivity contribution is 7.18. The third-order valence-corrected chi connectivity index (χ3v) is 6.83. The van der Waals surface area contributed by atoms with Gasteiger partial charge < -0.3 is 14.7 Å². The SMILES string of the molecule is CC(C)CN1CC(=O)N2CCN(C(=O)CCc3nc4ccccc4s3)CCC2C1=O. The third kappa shape index (κ3) is 4.33. The second kappa shape index (κ2) is 8.71. The van der Waals surface area contributed by atoms with Crippen LogP contribution in [0.2, 0.25) is 0 Å². The lowest BCUT2D eigenvalue weighted by atomic mass is 10.1. The number of nitrogens with zero attached hydrogens (tertiary/aromatic N) is 4. The fraction of sp³-hybridized carbons (Fsp3) is 0.545. The fourth-order valence-electron chi connectivity index (χ4n) is 4.27. The Morgan fingerprint density at radius 2 is 2.00 bits per heavy atom. The van der Waals surface area contributed by atoms with Crippen LogP contribution in [0, 0.1) is 5.92 Å². The number of amides is 3. The van der Waals surface area contributed by atoms with Crippen LogP contribution < -0.4 is 0 Å². The molecule has 0 radical (unpaired) electrons. The Balaban J connectivity index is 1.36. The summed E-state index contributed by atoms with van der Waals surface area (Å²) in [5.74, 6) is 0.392. The van der Waals surface area contributed by atoms with Crippen molar-refractivity contribution in [1.29, 1.82) is 0 Å². The highest BCUT2D eigenvalue weighted by Crippen LogP contribution is 2.24. The molecule has 0 aliphatic carbocycles. The van der Waals surface area contributed by atoms with Crippen molar-refractivity contribution in [3.05, 3.63) is 29.3 Å². The monoisotopic (exact) mass is 428 g/mol. The summed E-state index contributed by atoms with van der Waals surface area (Å²) in [7, 11) is 0. The van der Waals surface area contributed by atoms with Gasteiger partial charge in [0.1, 0.15) is 6.04 Å². The number of carbonyl (C=O) groups is 3. The average Bonchev–Trinajstić information content (AvgIpc) is 2.99. The number of hydrogen-bond donors (Lipinski definition) is 0. The number of carbonyl (C=O) groups excluding carboxylic acids is 3. The standard InChI is InChI=1S/C22H28N4O3S/c1-15(2)13-25-14-21(28)26-12-11-24(10-9-17(26)22(25)29)20(27)8-7-19-23-16-5-3-4-6-18(16)30-19/h3-6,15,17H,7-14H2,1-2H3. The Morgan fingerprint density at radius 1 is 1.20 bits per heavy atom. The lowest BCUT2D eigenvalue weighted by Gasteiger charge is -2.39. The molecule has 0 spiro atoms. The van der Waals surface area contributed by atoms with Crippen molar-refractivity contribution >= 4 is 39.3 Å². The summed E-state index contributed by atoms with van der Waals surface area (Å²) in [6, 6.07) is 7.55. The first-order valence-electron chi connectivity index (χ1n) is 10.6. The van der Waals surface area contributed by atoms with E-state index >= 15 is 0 Å². The van der Waals surface area contributed by atoms with Crippen LogP contribution in [0.15, 0.2) is 24.3 Å². The van der Waals surface area contributed by atoms with Crippen molar-refractivity contribution < 1.29 is 14.4 Å². The van der Waals surface area contributed by atoms with E-state index in [0.717, 1.165) is 15.2 Å². The molecular formula is C22H28N4O3S. The minimum absolute atomic E-state index is 0.0102. The first kappa shape index (κ1) is 20.8. The lowest BCUT2D eigenvalue weighted by Crippen LogP contribution is -2.60. The Labute approximate surface area is 180 Å². The molecule has 0 N–H and O–H groups in total. The molecule has 4 rings (SSSR count). The van der Waals surface area contributed by atoms with Crippen LogP contribution in [-0.4, -0.2) is 76.2 Å². The Hall–Kier alpha value is -2.48. The first-order valence-corrected chi connectivity index (χ1v) is 11.4. The molecule has 2 aliphatic heterocycles. The number of thiazole rings is 1. The van der Waals surface area contributed by atoms with Gasteiger partial charge in [0.05, 0.1) is 21.8 Å². The van der Waals surface area contributed by atoms with E-state index in [0.29, 0.717) is 51.4 Å². The summed E-state index contributed by atoms with van der Waals surface area (Å²) in [5, 5.41) is 0.964. The molecule has 1 aromatic heterocycles. The molecule has 1 atom stereocenters. The van der Waals surface area contributed by atoms with Crippen LogP contribution in [0.3, 0.4) is 0 Å². The van der Waals surface area contributed by atoms with E-state index in [1.165, 1.54) is 0 Å². The van der Waals surface area contributed by atoms with Crippen LogP contribution in [0.5, 0.6) is 0 Å². The Morgan fingerprint density at radius 3 is 2.77 bits per heavy atom. The van der Waals surface area contributed by atoms with Gasteiger partial charge in [0, 0.05) is 39.0 Å². The number of hydrogen-bond acceptors (Lipinski definition) is 5. The van der Waals surface area contributed by atoms with Crippen LogP contribution in [0.4, 0.5) is 0 Å². The average molecular weight is 429 g/mol. The highest BCUT2D eigenvalue weighted by Gasteiger charge is 2.41. The van der Waals surface area contributed by atoms with Gasteiger partial charge in [-0.3, -0.25) is 14.4 Å². The molecule has 3 heterocycles. The third-order valence-electron chi connectivity index (χ3n) is 5.73. The number of rotatable bonds is 5. The summed E-state index contributed by atoms with van der Waals surface area (Å²) in [4.78, 5) is 48.1. The van der Waals surface area contributed by atoms with Crippen LogP contribution in [0.1, 0.15) is 31.7 Å². The minimum atomic E-state index is -0.438. The zero-order valence-corrected chi connectivity index (χ0v) is 18.4. The van der Waals surface area contributed by atoms with Crippen LogP contribution in [0.25, 0.3) is 10.2 Å². The van der Waals surface area contributed by atoms with Gasteiger partial charge in [0.2, 0.25) is 17.7 Å². The van der Waals surface area contributed by atoms with Crippen molar-refractivity contribution in [2.24, 2.45) is 5.92 Å². The zero-order valence-electron chi connectivity index (χ0n) is 17.5. The van der Waals surface area contributed by atoms with E-state index in [9.17, 15) is 14.4 Å². The second-order valence-corrected chi connectivity index (χ2v) is 9.58. The van der Waals surface area contributed by atoms with Gasteiger partial charge in [-0.15, -0.1) is 11.3 Å². The van der Waals surface area contributed by atoms with E-state index in [-0.39, 0.29) is 24.3 Å². The van der Waals surface area contributed by atoms with E-state index in [1.807, 2.05) is 38.1 Å². The first-order chi connectivity index (χ1) is 14.4. The fourth-order valence-corrected chi connectivity index (χ4v) is 5.24. The molecule has 7 nitrogen and oxygen atoms in total. The molecule has 0 saturated carbocycles. The molecular weight excluding hydrogens is 400 g/mol. The Kier molecular flexibility index (Phi) is 6.04. The van der Waals surface area contributed by atoms with Crippen molar-refractivity contribution in [2.45, 2.75) is 39.2 Å². The predicted molar refractivity (Wildman–Crippen MR) is 116 cm³/mol. The molecule has 2 saturated heterocycles. The maximum atomic E-state index is 12.9. The van der Waals surface area contributed by atoms with E-state index in [1.54, 1.807) is 26.0 Å². The zero-order chi connectivity index (χ0) is 21.3. The van der Waals surface area contributed by atoms with Gasteiger partial charge in [-0.1, -0.05) is 26.0 Å². The highest BCUT2D eigenvalue weighted by atomic mass is 32.1. The van der Waals surface area contributed by atoms with Crippen LogP contribution in [-0.2, 0) is 20.8 Å². The summed E-state index contributed by atoms with van der Waals surface area (Å²) in [6.07, 6.45) is 1.51. The van der Waals surface area contributed by atoms with Crippen molar-refractivity contribution in [3.63, 3.8) is 0 Å². The van der Waals surface area contributed by atoms with E-state index < -0.39 is 6.04 Å². The number of piperazine rings is 1. The number of aryl methyl sites for hydroxylation is 1. The number of para-hydroxylation sites is 1. The molecule has 1 aromatic carbocycles. The minimum Gasteiger partial charge on any atom is -0.341 e. The van der Waals surface area contributed by atoms with Crippen molar-refractivity contribution in [3.8, 4) is 0 Å². The van der Waals surface area contributed by atoms with Gasteiger partial charge in [-0.25, -0.2) is 4.98 Å². The van der Waals surface area contributed by atoms with Gasteiger partial charge in [-0.2, -0.15) is 0 Å². The molecule has 2 aromatic rings. The normalized spacial score (nSPS) is 20.1. The summed E-state index contributed by atoms with van der Waals surface area (Å²) >= 11 is 1.63. The topological polar surface area (TPSA) is 73.8 Å². The van der Waals surface area contributed by atoms with Gasteiger partial charge in [-0.05, 0) is 24.5 Å². The molecule has 30 heavy (non-hydrogen) atoms. The molecule has 0 bridgehead atoms. The summed E-state index contributed by atoms with van der Waals surface area (Å²) in [5.41, 5.74) is 0.972.